The van der Waals surface area contributed by atoms with Crippen LogP contribution in [-0.2, 0) is 4.79 Å². The number of rotatable bonds is 4. The van der Waals surface area contributed by atoms with Crippen LogP contribution in [0.4, 0.5) is 0 Å². The Balaban J connectivity index is 1.64. The summed E-state index contributed by atoms with van der Waals surface area (Å²) in [5.41, 5.74) is 2.96. The lowest BCUT2D eigenvalue weighted by Crippen LogP contribution is -2.40. The molecule has 1 unspecified atom stereocenters. The number of fused-ring (bicyclic) bond motifs is 2. The fourth-order valence-corrected chi connectivity index (χ4v) is 6.27. The topological polar surface area (TPSA) is 69.9 Å². The van der Waals surface area contributed by atoms with Crippen LogP contribution in [0.1, 0.15) is 36.4 Å². The third kappa shape index (κ3) is 3.50. The minimum Gasteiger partial charge on any atom is -0.493 e. The Bertz CT molecular complexity index is 1740. The second-order valence-electron chi connectivity index (χ2n) is 8.87. The molecule has 0 N–H and O–H groups in total. The summed E-state index contributed by atoms with van der Waals surface area (Å²) in [4.78, 5) is 32.7. The average molecular weight is 497 g/mol. The van der Waals surface area contributed by atoms with E-state index in [0.29, 0.717) is 32.8 Å². The Morgan fingerprint density at radius 2 is 1.78 bits per heavy atom. The molecule has 1 atom stereocenters. The Kier molecular flexibility index (Phi) is 5.57. The van der Waals surface area contributed by atoms with Crippen molar-refractivity contribution in [3.8, 4) is 11.5 Å². The lowest BCUT2D eigenvalue weighted by molar-refractivity contribution is -0.116. The average Bonchev–Trinajstić information content (AvgIpc) is 3.21. The number of methoxy groups -OCH3 is 2. The van der Waals surface area contributed by atoms with E-state index < -0.39 is 6.04 Å². The van der Waals surface area contributed by atoms with E-state index >= 15 is 0 Å². The monoisotopic (exact) mass is 496 g/mol. The van der Waals surface area contributed by atoms with Gasteiger partial charge < -0.3 is 9.47 Å². The molecule has 36 heavy (non-hydrogen) atoms. The van der Waals surface area contributed by atoms with Crippen molar-refractivity contribution in [2.75, 3.05) is 14.2 Å². The van der Waals surface area contributed by atoms with Gasteiger partial charge in [0.05, 0.1) is 30.5 Å². The molecule has 0 saturated carbocycles. The van der Waals surface area contributed by atoms with Gasteiger partial charge in [0, 0.05) is 17.6 Å². The first-order valence-corrected chi connectivity index (χ1v) is 12.7. The summed E-state index contributed by atoms with van der Waals surface area (Å²) < 4.78 is 13.2. The van der Waals surface area contributed by atoms with E-state index in [1.54, 1.807) is 18.8 Å². The highest BCUT2D eigenvalue weighted by Gasteiger charge is 2.35. The summed E-state index contributed by atoms with van der Waals surface area (Å²) in [5.74, 6) is 1.22. The molecule has 0 saturated heterocycles. The van der Waals surface area contributed by atoms with E-state index in [0.717, 1.165) is 40.4 Å². The van der Waals surface area contributed by atoms with E-state index in [9.17, 15) is 9.59 Å². The number of aromatic nitrogens is 1. The number of hydrogen-bond donors (Lipinski definition) is 0. The number of hydrogen-bond acceptors (Lipinski definition) is 6. The maximum absolute atomic E-state index is 13.9. The number of carbonyl (C=O) groups excluding carboxylic acids is 1. The summed E-state index contributed by atoms with van der Waals surface area (Å²) >= 11 is 1.34. The van der Waals surface area contributed by atoms with Gasteiger partial charge in [-0.3, -0.25) is 14.2 Å². The molecular weight excluding hydrogens is 472 g/mol. The quantitative estimate of drug-likeness (QED) is 0.426. The highest BCUT2D eigenvalue weighted by molar-refractivity contribution is 7.07. The van der Waals surface area contributed by atoms with Gasteiger partial charge in [0.2, 0.25) is 0 Å². The number of thiazole rings is 1. The lowest BCUT2D eigenvalue weighted by Gasteiger charge is -2.29. The molecule has 1 aliphatic carbocycles. The standard InChI is InChI=1S/C29H24N2O4S/c1-34-23-15-6-10-18(27(23)35-2)16-24-28(33)31-26(20-12-5-9-17-8-3-4-11-19(17)20)25-21(30-29(31)36-24)13-7-14-22(25)32/h3-6,8-12,15-16,26H,7,13-14H2,1-2H3. The van der Waals surface area contributed by atoms with Gasteiger partial charge in [0.1, 0.15) is 0 Å². The first-order valence-electron chi connectivity index (χ1n) is 11.9. The highest BCUT2D eigenvalue weighted by Crippen LogP contribution is 2.38. The van der Waals surface area contributed by atoms with Gasteiger partial charge in [0.15, 0.2) is 22.1 Å². The van der Waals surface area contributed by atoms with Gasteiger partial charge >= 0.3 is 0 Å². The van der Waals surface area contributed by atoms with Crippen LogP contribution < -0.4 is 24.4 Å². The predicted octanol–water partition coefficient (Wildman–Crippen LogP) is 4.14. The molecular formula is C29H24N2O4S. The molecule has 180 valence electrons. The second-order valence-corrected chi connectivity index (χ2v) is 9.88. The van der Waals surface area contributed by atoms with E-state index in [1.165, 1.54) is 11.3 Å². The number of nitrogens with zero attached hydrogens (tertiary/aromatic N) is 2. The highest BCUT2D eigenvalue weighted by atomic mass is 32.1. The van der Waals surface area contributed by atoms with Gasteiger partial charge in [0.25, 0.3) is 5.56 Å². The smallest absolute Gasteiger partial charge is 0.271 e. The number of carbonyl (C=O) groups is 1. The van der Waals surface area contributed by atoms with Crippen molar-refractivity contribution in [3.05, 3.63) is 103 Å². The third-order valence-electron chi connectivity index (χ3n) is 6.87. The van der Waals surface area contributed by atoms with Crippen molar-refractivity contribution in [2.45, 2.75) is 25.3 Å². The first-order chi connectivity index (χ1) is 17.6. The molecule has 7 heteroatoms. The first kappa shape index (κ1) is 22.5. The fourth-order valence-electron chi connectivity index (χ4n) is 5.26. The molecule has 0 amide bonds. The van der Waals surface area contributed by atoms with Crippen LogP contribution in [0, 0.1) is 0 Å². The molecule has 2 heterocycles. The molecule has 0 fully saturated rings. The SMILES string of the molecule is COc1cccc(C=c2sc3n(c2=O)C(c2cccc4ccccc24)C2=C(CCCC2=O)N=3)c1OC. The number of ketones is 1. The molecule has 6 nitrogen and oxygen atoms in total. The zero-order chi connectivity index (χ0) is 24.8. The van der Waals surface area contributed by atoms with Gasteiger partial charge in [-0.2, -0.15) is 0 Å². The molecule has 3 aromatic carbocycles. The van der Waals surface area contributed by atoms with Crippen LogP contribution in [0.5, 0.6) is 11.5 Å². The molecule has 2 aliphatic rings. The van der Waals surface area contributed by atoms with Gasteiger partial charge in [-0.25, -0.2) is 4.99 Å². The maximum Gasteiger partial charge on any atom is 0.271 e. The Labute approximate surface area is 211 Å². The number of benzene rings is 3. The minimum absolute atomic E-state index is 0.0710. The van der Waals surface area contributed by atoms with Crippen LogP contribution in [0.3, 0.4) is 0 Å². The third-order valence-corrected chi connectivity index (χ3v) is 7.85. The minimum atomic E-state index is -0.510. The van der Waals surface area contributed by atoms with Crippen LogP contribution in [0.15, 0.2) is 81.7 Å². The van der Waals surface area contributed by atoms with Gasteiger partial charge in [-0.05, 0) is 41.3 Å². The van der Waals surface area contributed by atoms with Crippen molar-refractivity contribution in [2.24, 2.45) is 4.99 Å². The fraction of sp³-hybridized carbons (Fsp3) is 0.207. The van der Waals surface area contributed by atoms with Crippen LogP contribution in [-0.4, -0.2) is 24.6 Å². The molecule has 0 bridgehead atoms. The molecule has 6 rings (SSSR count). The van der Waals surface area contributed by atoms with Crippen LogP contribution in [0.2, 0.25) is 0 Å². The van der Waals surface area contributed by atoms with Crippen molar-refractivity contribution in [1.82, 2.24) is 4.57 Å². The summed E-state index contributed by atoms with van der Waals surface area (Å²) in [7, 11) is 3.16. The van der Waals surface area contributed by atoms with Crippen molar-refractivity contribution >= 4 is 34.0 Å². The van der Waals surface area contributed by atoms with E-state index in [2.05, 4.69) is 18.2 Å². The number of Topliss-reactive ketones (excluding diaryl/α,β-unsaturated/α-hetero) is 1. The number of para-hydroxylation sites is 1. The van der Waals surface area contributed by atoms with Gasteiger partial charge in [-0.1, -0.05) is 65.9 Å². The van der Waals surface area contributed by atoms with E-state index in [1.807, 2.05) is 48.5 Å². The van der Waals surface area contributed by atoms with E-state index in [-0.39, 0.29) is 11.3 Å². The number of allylic oxidation sites excluding steroid dienone is 2. The summed E-state index contributed by atoms with van der Waals surface area (Å²) in [5, 5.41) is 2.10. The lowest BCUT2D eigenvalue weighted by atomic mass is 9.84. The second kappa shape index (κ2) is 8.91. The van der Waals surface area contributed by atoms with Crippen LogP contribution >= 0.6 is 11.3 Å². The van der Waals surface area contributed by atoms with Gasteiger partial charge in [-0.15, -0.1) is 0 Å². The molecule has 1 aromatic heterocycles. The maximum atomic E-state index is 13.9. The summed E-state index contributed by atoms with van der Waals surface area (Å²) in [6.07, 6.45) is 3.80. The predicted molar refractivity (Wildman–Crippen MR) is 140 cm³/mol. The van der Waals surface area contributed by atoms with E-state index in [4.69, 9.17) is 14.5 Å². The molecule has 1 aliphatic heterocycles. The normalized spacial score (nSPS) is 17.6. The Morgan fingerprint density at radius 3 is 2.61 bits per heavy atom. The summed E-state index contributed by atoms with van der Waals surface area (Å²) in [6.45, 7) is 0. The zero-order valence-corrected chi connectivity index (χ0v) is 20.8. The molecule has 0 spiro atoms. The molecule has 0 radical (unpaired) electrons. The Hall–Kier alpha value is -3.97. The van der Waals surface area contributed by atoms with Crippen molar-refractivity contribution < 1.29 is 14.3 Å². The largest absolute Gasteiger partial charge is 0.493 e. The van der Waals surface area contributed by atoms with Crippen molar-refractivity contribution in [1.29, 1.82) is 0 Å². The van der Waals surface area contributed by atoms with Crippen LogP contribution in [0.25, 0.3) is 16.8 Å². The molecule has 4 aromatic rings. The van der Waals surface area contributed by atoms with Crippen molar-refractivity contribution in [3.63, 3.8) is 0 Å². The zero-order valence-electron chi connectivity index (χ0n) is 20.0. The Morgan fingerprint density at radius 1 is 0.972 bits per heavy atom. The summed E-state index contributed by atoms with van der Waals surface area (Å²) in [6, 6.07) is 19.2. The number of ether oxygens (including phenoxy) is 2.